The minimum absolute atomic E-state index is 0.0123. The van der Waals surface area contributed by atoms with Crippen LogP contribution in [0.5, 0.6) is 0 Å². The number of hydrogen-bond acceptors (Lipinski definition) is 4. The van der Waals surface area contributed by atoms with Gasteiger partial charge in [-0.1, -0.05) is 38.1 Å². The van der Waals surface area contributed by atoms with Crippen LogP contribution in [-0.4, -0.2) is 20.3 Å². The highest BCUT2D eigenvalue weighted by Crippen LogP contribution is 2.30. The largest absolute Gasteiger partial charge is 0.290 e. The first kappa shape index (κ1) is 16.5. The molecule has 0 aliphatic heterocycles. The molecule has 1 aliphatic carbocycles. The van der Waals surface area contributed by atoms with Crippen LogP contribution in [0.1, 0.15) is 49.4 Å². The number of hydrogen-bond donors (Lipinski definition) is 0. The van der Waals surface area contributed by atoms with E-state index in [0.717, 1.165) is 23.7 Å². The third kappa shape index (κ3) is 3.67. The van der Waals surface area contributed by atoms with Gasteiger partial charge in [0.25, 0.3) is 5.56 Å². The molecule has 2 aromatic heterocycles. The SMILES string of the molecule is CC(C)c1ccc(CN(Cc2cc(=O)n3ccsc3n2)C2CC2)cc1. The van der Waals surface area contributed by atoms with Crippen LogP contribution in [0.4, 0.5) is 0 Å². The Bertz CT molecular complexity index is 922. The van der Waals surface area contributed by atoms with Crippen LogP contribution in [0, 0.1) is 0 Å². The Morgan fingerprint density at radius 2 is 2.00 bits per heavy atom. The third-order valence-electron chi connectivity index (χ3n) is 4.82. The predicted octanol–water partition coefficient (Wildman–Crippen LogP) is 4.04. The minimum Gasteiger partial charge on any atom is -0.290 e. The predicted molar refractivity (Wildman–Crippen MR) is 102 cm³/mol. The van der Waals surface area contributed by atoms with E-state index in [2.05, 4.69) is 48.0 Å². The van der Waals surface area contributed by atoms with E-state index in [9.17, 15) is 4.79 Å². The molecule has 2 heterocycles. The zero-order chi connectivity index (χ0) is 17.4. The summed E-state index contributed by atoms with van der Waals surface area (Å²) >= 11 is 1.51. The number of rotatable bonds is 6. The lowest BCUT2D eigenvalue weighted by Crippen LogP contribution is -2.27. The molecule has 0 spiro atoms. The molecule has 5 heteroatoms. The Kier molecular flexibility index (Phi) is 4.44. The lowest BCUT2D eigenvalue weighted by molar-refractivity contribution is 0.243. The molecular weight excluding hydrogens is 330 g/mol. The van der Waals surface area contributed by atoms with Crippen LogP contribution in [-0.2, 0) is 13.1 Å². The molecule has 4 rings (SSSR count). The zero-order valence-electron chi connectivity index (χ0n) is 14.7. The second kappa shape index (κ2) is 6.73. The smallest absolute Gasteiger partial charge is 0.258 e. The molecule has 4 nitrogen and oxygen atoms in total. The van der Waals surface area contributed by atoms with E-state index in [0.29, 0.717) is 12.0 Å². The van der Waals surface area contributed by atoms with Crippen LogP contribution >= 0.6 is 11.3 Å². The van der Waals surface area contributed by atoms with Crippen molar-refractivity contribution in [3.8, 4) is 0 Å². The van der Waals surface area contributed by atoms with Crippen molar-refractivity contribution in [3.05, 3.63) is 69.1 Å². The fourth-order valence-electron chi connectivity index (χ4n) is 3.17. The van der Waals surface area contributed by atoms with Gasteiger partial charge in [0.2, 0.25) is 0 Å². The van der Waals surface area contributed by atoms with E-state index in [-0.39, 0.29) is 5.56 Å². The summed E-state index contributed by atoms with van der Waals surface area (Å²) in [6.45, 7) is 6.08. The molecule has 0 unspecified atom stereocenters. The van der Waals surface area contributed by atoms with Crippen molar-refractivity contribution in [3.63, 3.8) is 0 Å². The first-order valence-corrected chi connectivity index (χ1v) is 9.77. The first-order valence-electron chi connectivity index (χ1n) is 8.89. The molecule has 25 heavy (non-hydrogen) atoms. The average Bonchev–Trinajstić information content (AvgIpc) is 3.33. The van der Waals surface area contributed by atoms with Gasteiger partial charge in [-0.2, -0.15) is 0 Å². The molecule has 0 atom stereocenters. The summed E-state index contributed by atoms with van der Waals surface area (Å²) in [5.74, 6) is 0.559. The Hall–Kier alpha value is -1.98. The first-order chi connectivity index (χ1) is 12.1. The fourth-order valence-corrected chi connectivity index (χ4v) is 3.91. The Balaban J connectivity index is 1.53. The Labute approximate surface area is 151 Å². The van der Waals surface area contributed by atoms with Gasteiger partial charge in [-0.3, -0.25) is 14.1 Å². The van der Waals surface area contributed by atoms with Crippen LogP contribution in [0.2, 0.25) is 0 Å². The van der Waals surface area contributed by atoms with E-state index >= 15 is 0 Å². The summed E-state index contributed by atoms with van der Waals surface area (Å²) in [7, 11) is 0. The van der Waals surface area contributed by atoms with Gasteiger partial charge < -0.3 is 0 Å². The molecule has 1 aromatic carbocycles. The van der Waals surface area contributed by atoms with Crippen molar-refractivity contribution >= 4 is 16.3 Å². The van der Waals surface area contributed by atoms with E-state index in [4.69, 9.17) is 0 Å². The molecule has 0 amide bonds. The Morgan fingerprint density at radius 1 is 1.24 bits per heavy atom. The summed E-state index contributed by atoms with van der Waals surface area (Å²) in [6, 6.07) is 11.2. The number of nitrogens with zero attached hydrogens (tertiary/aromatic N) is 3. The maximum absolute atomic E-state index is 12.2. The van der Waals surface area contributed by atoms with Gasteiger partial charge in [0.1, 0.15) is 0 Å². The van der Waals surface area contributed by atoms with Gasteiger partial charge in [0.05, 0.1) is 5.69 Å². The molecular formula is C20H23N3OS. The highest BCUT2D eigenvalue weighted by atomic mass is 32.1. The van der Waals surface area contributed by atoms with Crippen molar-refractivity contribution in [1.82, 2.24) is 14.3 Å². The second-order valence-corrected chi connectivity index (χ2v) is 8.05. The standard InChI is InChI=1S/C20H23N3OS/c1-14(2)16-5-3-15(4-6-16)12-22(18-7-8-18)13-17-11-19(24)23-9-10-25-20(23)21-17/h3-6,9-11,14,18H,7-8,12-13H2,1-2H3. The molecule has 130 valence electrons. The molecule has 0 radical (unpaired) electrons. The van der Waals surface area contributed by atoms with Gasteiger partial charge in [0.15, 0.2) is 4.96 Å². The van der Waals surface area contributed by atoms with Crippen molar-refractivity contribution < 1.29 is 0 Å². The number of fused-ring (bicyclic) bond motifs is 1. The maximum Gasteiger partial charge on any atom is 0.258 e. The van der Waals surface area contributed by atoms with Crippen LogP contribution in [0.3, 0.4) is 0 Å². The Morgan fingerprint density at radius 3 is 2.68 bits per heavy atom. The monoisotopic (exact) mass is 353 g/mol. The summed E-state index contributed by atoms with van der Waals surface area (Å²) < 4.78 is 1.61. The van der Waals surface area contributed by atoms with Crippen molar-refractivity contribution in [2.75, 3.05) is 0 Å². The van der Waals surface area contributed by atoms with E-state index in [1.54, 1.807) is 16.7 Å². The molecule has 0 bridgehead atoms. The highest BCUT2D eigenvalue weighted by Gasteiger charge is 2.29. The van der Waals surface area contributed by atoms with Crippen LogP contribution in [0.15, 0.2) is 46.7 Å². The summed E-state index contributed by atoms with van der Waals surface area (Å²) in [5.41, 5.74) is 3.58. The van der Waals surface area contributed by atoms with Crippen molar-refractivity contribution in [2.24, 2.45) is 0 Å². The van der Waals surface area contributed by atoms with Gasteiger partial charge in [0, 0.05) is 36.8 Å². The molecule has 0 N–H and O–H groups in total. The molecule has 1 aliphatic rings. The molecule has 0 saturated heterocycles. The summed E-state index contributed by atoms with van der Waals surface area (Å²) in [4.78, 5) is 20.1. The van der Waals surface area contributed by atoms with Crippen LogP contribution in [0.25, 0.3) is 4.96 Å². The lowest BCUT2D eigenvalue weighted by Gasteiger charge is -2.22. The van der Waals surface area contributed by atoms with Gasteiger partial charge >= 0.3 is 0 Å². The topological polar surface area (TPSA) is 37.6 Å². The van der Waals surface area contributed by atoms with Gasteiger partial charge in [-0.15, -0.1) is 11.3 Å². The maximum atomic E-state index is 12.2. The summed E-state index contributed by atoms with van der Waals surface area (Å²) in [5, 5.41) is 1.91. The number of benzene rings is 1. The number of aromatic nitrogens is 2. The van der Waals surface area contributed by atoms with E-state index in [1.165, 1.54) is 35.3 Å². The zero-order valence-corrected chi connectivity index (χ0v) is 15.5. The van der Waals surface area contributed by atoms with E-state index in [1.807, 2.05) is 5.38 Å². The van der Waals surface area contributed by atoms with Crippen molar-refractivity contribution in [1.29, 1.82) is 0 Å². The normalized spacial score (nSPS) is 14.7. The summed E-state index contributed by atoms with van der Waals surface area (Å²) in [6.07, 6.45) is 4.27. The third-order valence-corrected chi connectivity index (χ3v) is 5.57. The molecule has 1 fully saturated rings. The molecule has 1 saturated carbocycles. The average molecular weight is 353 g/mol. The fraction of sp³-hybridized carbons (Fsp3) is 0.400. The van der Waals surface area contributed by atoms with E-state index < -0.39 is 0 Å². The second-order valence-electron chi connectivity index (χ2n) is 7.17. The molecule has 3 aromatic rings. The van der Waals surface area contributed by atoms with Gasteiger partial charge in [-0.05, 0) is 29.9 Å². The lowest BCUT2D eigenvalue weighted by atomic mass is 10.0. The highest BCUT2D eigenvalue weighted by molar-refractivity contribution is 7.15. The minimum atomic E-state index is 0.0123. The van der Waals surface area contributed by atoms with Crippen molar-refractivity contribution in [2.45, 2.75) is 51.7 Å². The van der Waals surface area contributed by atoms with Gasteiger partial charge in [-0.25, -0.2) is 4.98 Å². The number of thiazole rings is 1. The quantitative estimate of drug-likeness (QED) is 0.671. The van der Waals surface area contributed by atoms with Crippen LogP contribution < -0.4 is 5.56 Å².